The highest BCUT2D eigenvalue weighted by atomic mass is 35.5. The van der Waals surface area contributed by atoms with E-state index in [9.17, 15) is 0 Å². The quantitative estimate of drug-likeness (QED) is 0.940. The van der Waals surface area contributed by atoms with Gasteiger partial charge in [0.15, 0.2) is 0 Å². The summed E-state index contributed by atoms with van der Waals surface area (Å²) < 4.78 is 7.22. The Morgan fingerprint density at radius 2 is 2.00 bits per heavy atom. The number of hydrogen-bond donors (Lipinski definition) is 1. The summed E-state index contributed by atoms with van der Waals surface area (Å²) in [4.78, 5) is 0. The number of aryl methyl sites for hydroxylation is 1. The van der Waals surface area contributed by atoms with Crippen molar-refractivity contribution in [2.75, 3.05) is 6.61 Å². The number of rotatable bonds is 4. The second-order valence-corrected chi connectivity index (χ2v) is 4.72. The maximum Gasteiger partial charge on any atom is 0.119 e. The summed E-state index contributed by atoms with van der Waals surface area (Å²) in [5.41, 5.74) is 6.78. The average molecular weight is 286 g/mol. The van der Waals surface area contributed by atoms with Crippen LogP contribution in [0, 0.1) is 0 Å². The molecule has 0 aliphatic rings. The minimum Gasteiger partial charge on any atom is -0.492 e. The Bertz CT molecular complexity index is 505. The van der Waals surface area contributed by atoms with Crippen molar-refractivity contribution in [3.8, 4) is 5.75 Å². The zero-order valence-electron chi connectivity index (χ0n) is 9.81. The summed E-state index contributed by atoms with van der Waals surface area (Å²) in [5, 5.41) is 5.25. The van der Waals surface area contributed by atoms with Crippen LogP contribution in [0.2, 0.25) is 10.0 Å². The Kier molecular flexibility index (Phi) is 4.11. The minimum atomic E-state index is -0.333. The van der Waals surface area contributed by atoms with Crippen LogP contribution in [-0.2, 0) is 7.05 Å². The molecule has 0 radical (unpaired) electrons. The number of halogens is 2. The van der Waals surface area contributed by atoms with Crippen LogP contribution in [0.4, 0.5) is 0 Å². The van der Waals surface area contributed by atoms with E-state index in [1.165, 1.54) is 0 Å². The lowest BCUT2D eigenvalue weighted by atomic mass is 10.2. The van der Waals surface area contributed by atoms with Crippen molar-refractivity contribution in [2.45, 2.75) is 6.04 Å². The van der Waals surface area contributed by atoms with Gasteiger partial charge in [-0.05, 0) is 24.3 Å². The van der Waals surface area contributed by atoms with Crippen LogP contribution in [0.5, 0.6) is 5.75 Å². The molecule has 2 N–H and O–H groups in total. The molecular weight excluding hydrogens is 273 g/mol. The van der Waals surface area contributed by atoms with Crippen molar-refractivity contribution in [3.05, 3.63) is 46.2 Å². The summed E-state index contributed by atoms with van der Waals surface area (Å²) in [5.74, 6) is 0.716. The normalized spacial score (nSPS) is 12.4. The Balaban J connectivity index is 2.00. The van der Waals surface area contributed by atoms with Crippen LogP contribution in [0.1, 0.15) is 11.7 Å². The lowest BCUT2D eigenvalue weighted by molar-refractivity contribution is 0.285. The van der Waals surface area contributed by atoms with Crippen LogP contribution in [0.25, 0.3) is 0 Å². The first-order valence-corrected chi connectivity index (χ1v) is 6.15. The van der Waals surface area contributed by atoms with Crippen molar-refractivity contribution < 1.29 is 4.74 Å². The van der Waals surface area contributed by atoms with Crippen molar-refractivity contribution in [1.29, 1.82) is 0 Å². The molecule has 0 spiro atoms. The fourth-order valence-corrected chi connectivity index (χ4v) is 2.07. The summed E-state index contributed by atoms with van der Waals surface area (Å²) in [7, 11) is 1.80. The molecule has 0 fully saturated rings. The van der Waals surface area contributed by atoms with E-state index in [-0.39, 0.29) is 6.04 Å². The lowest BCUT2D eigenvalue weighted by Crippen LogP contribution is -2.22. The molecule has 2 aromatic rings. The Morgan fingerprint density at radius 3 is 2.56 bits per heavy atom. The molecule has 1 atom stereocenters. The Morgan fingerprint density at radius 1 is 1.33 bits per heavy atom. The monoisotopic (exact) mass is 285 g/mol. The highest BCUT2D eigenvalue weighted by molar-refractivity contribution is 6.31. The summed E-state index contributed by atoms with van der Waals surface area (Å²) >= 11 is 11.8. The molecule has 1 aromatic carbocycles. The van der Waals surface area contributed by atoms with Crippen LogP contribution < -0.4 is 10.5 Å². The molecule has 2 rings (SSSR count). The van der Waals surface area contributed by atoms with Gasteiger partial charge in [-0.15, -0.1) is 0 Å². The molecule has 6 heteroatoms. The smallest absolute Gasteiger partial charge is 0.119 e. The topological polar surface area (TPSA) is 53.1 Å². The largest absolute Gasteiger partial charge is 0.492 e. The number of aromatic nitrogens is 2. The molecule has 18 heavy (non-hydrogen) atoms. The number of nitrogens with zero attached hydrogens (tertiary/aromatic N) is 2. The lowest BCUT2D eigenvalue weighted by Gasteiger charge is -2.14. The number of nitrogens with two attached hydrogens (primary N) is 1. The van der Waals surface area contributed by atoms with E-state index in [0.717, 1.165) is 5.69 Å². The van der Waals surface area contributed by atoms with Gasteiger partial charge in [-0.2, -0.15) is 5.10 Å². The molecule has 0 aliphatic carbocycles. The van der Waals surface area contributed by atoms with Gasteiger partial charge in [0.2, 0.25) is 0 Å². The minimum absolute atomic E-state index is 0.320. The van der Waals surface area contributed by atoms with E-state index in [2.05, 4.69) is 5.10 Å². The first-order valence-electron chi connectivity index (χ1n) is 5.39. The van der Waals surface area contributed by atoms with Gasteiger partial charge >= 0.3 is 0 Å². The third-order valence-corrected chi connectivity index (χ3v) is 3.08. The fraction of sp³-hybridized carbons (Fsp3) is 0.250. The van der Waals surface area contributed by atoms with Crippen molar-refractivity contribution >= 4 is 23.2 Å². The van der Waals surface area contributed by atoms with Crippen LogP contribution in [0.15, 0.2) is 30.5 Å². The Hall–Kier alpha value is -1.23. The van der Waals surface area contributed by atoms with Gasteiger partial charge in [-0.1, -0.05) is 23.2 Å². The predicted octanol–water partition coefficient (Wildman–Crippen LogP) is 2.81. The molecule has 0 saturated heterocycles. The number of ether oxygens (including phenoxy) is 1. The van der Waals surface area contributed by atoms with Gasteiger partial charge in [-0.25, -0.2) is 0 Å². The molecule has 4 nitrogen and oxygen atoms in total. The standard InChI is InChI=1S/C12H13Cl2N3O/c1-17-12(10(14)6-16-17)11(15)7-18-9-4-2-8(13)3-5-9/h2-6,11H,7,15H2,1H3. The molecule has 0 bridgehead atoms. The molecule has 96 valence electrons. The molecule has 0 aliphatic heterocycles. The first-order chi connectivity index (χ1) is 8.58. The van der Waals surface area contributed by atoms with E-state index < -0.39 is 0 Å². The molecular formula is C12H13Cl2N3O. The zero-order chi connectivity index (χ0) is 13.1. The molecule has 0 amide bonds. The van der Waals surface area contributed by atoms with Gasteiger partial charge < -0.3 is 10.5 Å². The van der Waals surface area contributed by atoms with Crippen molar-refractivity contribution in [3.63, 3.8) is 0 Å². The second-order valence-electron chi connectivity index (χ2n) is 3.87. The average Bonchev–Trinajstić information content (AvgIpc) is 2.68. The third kappa shape index (κ3) is 2.96. The van der Waals surface area contributed by atoms with Crippen LogP contribution in [0.3, 0.4) is 0 Å². The maximum atomic E-state index is 6.02. The highest BCUT2D eigenvalue weighted by Gasteiger charge is 2.15. The first kappa shape index (κ1) is 13.2. The molecule has 1 aromatic heterocycles. The summed E-state index contributed by atoms with van der Waals surface area (Å²) in [6.07, 6.45) is 1.57. The van der Waals surface area contributed by atoms with E-state index in [4.69, 9.17) is 33.7 Å². The number of hydrogen-bond acceptors (Lipinski definition) is 3. The summed E-state index contributed by atoms with van der Waals surface area (Å²) in [6, 6.07) is 6.78. The third-order valence-electron chi connectivity index (χ3n) is 2.53. The highest BCUT2D eigenvalue weighted by Crippen LogP contribution is 2.22. The predicted molar refractivity (Wildman–Crippen MR) is 72.1 cm³/mol. The molecule has 1 heterocycles. The van der Waals surface area contributed by atoms with E-state index in [0.29, 0.717) is 22.4 Å². The van der Waals surface area contributed by atoms with E-state index in [1.807, 2.05) is 0 Å². The van der Waals surface area contributed by atoms with E-state index >= 15 is 0 Å². The SMILES string of the molecule is Cn1ncc(Cl)c1C(N)COc1ccc(Cl)cc1. The van der Waals surface area contributed by atoms with Gasteiger partial charge in [0.05, 0.1) is 23.0 Å². The van der Waals surface area contributed by atoms with E-state index in [1.54, 1.807) is 42.2 Å². The van der Waals surface area contributed by atoms with Crippen LogP contribution >= 0.6 is 23.2 Å². The molecule has 0 saturated carbocycles. The van der Waals surface area contributed by atoms with Gasteiger partial charge in [0, 0.05) is 12.1 Å². The van der Waals surface area contributed by atoms with Crippen molar-refractivity contribution in [2.24, 2.45) is 12.8 Å². The van der Waals surface area contributed by atoms with Gasteiger partial charge in [0.25, 0.3) is 0 Å². The van der Waals surface area contributed by atoms with Crippen molar-refractivity contribution in [1.82, 2.24) is 9.78 Å². The molecule has 1 unspecified atom stereocenters. The van der Waals surface area contributed by atoms with Gasteiger partial charge in [-0.3, -0.25) is 4.68 Å². The van der Waals surface area contributed by atoms with Crippen LogP contribution in [-0.4, -0.2) is 16.4 Å². The zero-order valence-corrected chi connectivity index (χ0v) is 11.3. The maximum absolute atomic E-state index is 6.02. The Labute approximate surface area is 115 Å². The fourth-order valence-electron chi connectivity index (χ4n) is 1.63. The second kappa shape index (κ2) is 5.61. The summed E-state index contributed by atoms with van der Waals surface area (Å²) in [6.45, 7) is 0.320. The number of benzene rings is 1. The van der Waals surface area contributed by atoms with Gasteiger partial charge in [0.1, 0.15) is 12.4 Å².